The summed E-state index contributed by atoms with van der Waals surface area (Å²) < 4.78 is 34.8. The molecule has 0 saturated heterocycles. The highest BCUT2D eigenvalue weighted by Crippen LogP contribution is 2.29. The molecule has 1 aromatic rings. The molecule has 2 heterocycles. The van der Waals surface area contributed by atoms with E-state index in [2.05, 4.69) is 4.98 Å². The van der Waals surface area contributed by atoms with E-state index in [1.54, 1.807) is 20.4 Å². The number of hydrogen-bond donors (Lipinski definition) is 0. The molecule has 7 nitrogen and oxygen atoms in total. The Hall–Kier alpha value is -0.960. The zero-order valence-corrected chi connectivity index (χ0v) is 13.2. The molecular weight excluding hydrogens is 280 g/mol. The Morgan fingerprint density at radius 2 is 2.20 bits per heavy atom. The summed E-state index contributed by atoms with van der Waals surface area (Å²) in [7, 11) is 1.59. The normalized spacial score (nSPS) is 20.4. The zero-order chi connectivity index (χ0) is 14.9. The summed E-state index contributed by atoms with van der Waals surface area (Å²) >= 11 is 0. The van der Waals surface area contributed by atoms with E-state index < -0.39 is 10.2 Å². The van der Waals surface area contributed by atoms with Crippen LogP contribution in [0.1, 0.15) is 24.2 Å². The van der Waals surface area contributed by atoms with Crippen LogP contribution in [0.25, 0.3) is 0 Å². The SMILES string of the molecule is CCOCC1CN(S(=O)(=O)N(C)C)Cc2ncn(C)c21. The van der Waals surface area contributed by atoms with E-state index in [-0.39, 0.29) is 5.92 Å². The summed E-state index contributed by atoms with van der Waals surface area (Å²) in [4.78, 5) is 4.32. The van der Waals surface area contributed by atoms with Gasteiger partial charge in [0.2, 0.25) is 0 Å². The fraction of sp³-hybridized carbons (Fsp3) is 0.750. The van der Waals surface area contributed by atoms with Gasteiger partial charge in [-0.25, -0.2) is 4.98 Å². The van der Waals surface area contributed by atoms with Gasteiger partial charge >= 0.3 is 0 Å². The third kappa shape index (κ3) is 2.73. The van der Waals surface area contributed by atoms with Crippen LogP contribution in [0.4, 0.5) is 0 Å². The fourth-order valence-corrected chi connectivity index (χ4v) is 3.61. The van der Waals surface area contributed by atoms with Crippen molar-refractivity contribution >= 4 is 10.2 Å². The Balaban J connectivity index is 2.31. The highest BCUT2D eigenvalue weighted by atomic mass is 32.2. The average molecular weight is 302 g/mol. The van der Waals surface area contributed by atoms with Gasteiger partial charge in [0.05, 0.1) is 25.2 Å². The number of fused-ring (bicyclic) bond motifs is 1. The maximum Gasteiger partial charge on any atom is 0.281 e. The van der Waals surface area contributed by atoms with Crippen molar-refractivity contribution < 1.29 is 13.2 Å². The summed E-state index contributed by atoms with van der Waals surface area (Å²) in [6.07, 6.45) is 1.73. The first-order valence-corrected chi connectivity index (χ1v) is 8.03. The van der Waals surface area contributed by atoms with Gasteiger partial charge in [0, 0.05) is 45.9 Å². The quantitative estimate of drug-likeness (QED) is 0.777. The maximum atomic E-state index is 12.3. The van der Waals surface area contributed by atoms with Gasteiger partial charge in [-0.3, -0.25) is 0 Å². The lowest BCUT2D eigenvalue weighted by atomic mass is 10.0. The Bertz CT molecular complexity index is 567. The Morgan fingerprint density at radius 3 is 2.80 bits per heavy atom. The third-order valence-electron chi connectivity index (χ3n) is 3.51. The molecule has 114 valence electrons. The van der Waals surface area contributed by atoms with Gasteiger partial charge in [0.15, 0.2) is 0 Å². The van der Waals surface area contributed by atoms with Crippen molar-refractivity contribution in [1.82, 2.24) is 18.2 Å². The predicted molar refractivity (Wildman–Crippen MR) is 75.5 cm³/mol. The molecular formula is C12H22N4O3S. The van der Waals surface area contributed by atoms with E-state index in [9.17, 15) is 8.42 Å². The van der Waals surface area contributed by atoms with Gasteiger partial charge < -0.3 is 9.30 Å². The highest BCUT2D eigenvalue weighted by molar-refractivity contribution is 7.86. The lowest BCUT2D eigenvalue weighted by molar-refractivity contribution is 0.118. The molecule has 0 radical (unpaired) electrons. The van der Waals surface area contributed by atoms with Crippen molar-refractivity contribution in [2.75, 3.05) is 33.9 Å². The van der Waals surface area contributed by atoms with Crippen molar-refractivity contribution in [1.29, 1.82) is 0 Å². The van der Waals surface area contributed by atoms with Gasteiger partial charge in [-0.15, -0.1) is 0 Å². The van der Waals surface area contributed by atoms with Gasteiger partial charge in [0.1, 0.15) is 0 Å². The minimum absolute atomic E-state index is 0.0147. The number of rotatable bonds is 5. The maximum absolute atomic E-state index is 12.3. The number of aromatic nitrogens is 2. The monoisotopic (exact) mass is 302 g/mol. The predicted octanol–water partition coefficient (Wildman–Crippen LogP) is 0.162. The van der Waals surface area contributed by atoms with E-state index in [0.29, 0.717) is 26.3 Å². The van der Waals surface area contributed by atoms with E-state index in [1.165, 1.54) is 8.61 Å². The number of imidazole rings is 1. The van der Waals surface area contributed by atoms with Crippen LogP contribution < -0.4 is 0 Å². The van der Waals surface area contributed by atoms with E-state index in [4.69, 9.17) is 4.74 Å². The molecule has 1 aliphatic rings. The second-order valence-electron chi connectivity index (χ2n) is 5.13. The Labute approximate surface area is 120 Å². The molecule has 0 bridgehead atoms. The molecule has 0 aromatic carbocycles. The largest absolute Gasteiger partial charge is 0.381 e. The number of nitrogens with zero attached hydrogens (tertiary/aromatic N) is 4. The first kappa shape index (κ1) is 15.4. The van der Waals surface area contributed by atoms with E-state index in [0.717, 1.165) is 11.4 Å². The summed E-state index contributed by atoms with van der Waals surface area (Å²) in [6, 6.07) is 0. The van der Waals surface area contributed by atoms with Crippen molar-refractivity contribution in [3.8, 4) is 0 Å². The van der Waals surface area contributed by atoms with Crippen molar-refractivity contribution in [2.45, 2.75) is 19.4 Å². The molecule has 0 N–H and O–H groups in total. The minimum atomic E-state index is -3.43. The van der Waals surface area contributed by atoms with E-state index >= 15 is 0 Å². The molecule has 0 amide bonds. The van der Waals surface area contributed by atoms with Gasteiger partial charge in [-0.1, -0.05) is 0 Å². The summed E-state index contributed by atoms with van der Waals surface area (Å²) in [5.74, 6) is 0.0147. The molecule has 8 heteroatoms. The molecule has 0 fully saturated rings. The fourth-order valence-electron chi connectivity index (χ4n) is 2.50. The zero-order valence-electron chi connectivity index (χ0n) is 12.4. The molecule has 0 aliphatic carbocycles. The smallest absolute Gasteiger partial charge is 0.281 e. The minimum Gasteiger partial charge on any atom is -0.381 e. The molecule has 0 spiro atoms. The second kappa shape index (κ2) is 5.80. The molecule has 2 rings (SSSR count). The molecule has 1 aromatic heterocycles. The molecule has 0 saturated carbocycles. The lowest BCUT2D eigenvalue weighted by Crippen LogP contribution is -2.45. The number of ether oxygens (including phenoxy) is 1. The third-order valence-corrected chi connectivity index (χ3v) is 5.36. The van der Waals surface area contributed by atoms with Gasteiger partial charge in [-0.05, 0) is 6.92 Å². The lowest BCUT2D eigenvalue weighted by Gasteiger charge is -2.33. The molecule has 1 unspecified atom stereocenters. The average Bonchev–Trinajstić information content (AvgIpc) is 2.77. The van der Waals surface area contributed by atoms with Crippen molar-refractivity contribution in [3.05, 3.63) is 17.7 Å². The second-order valence-corrected chi connectivity index (χ2v) is 7.27. The van der Waals surface area contributed by atoms with Crippen LogP contribution in [-0.2, 0) is 28.5 Å². The standard InChI is InChI=1S/C12H22N4O3S/c1-5-19-8-10-6-16(20(17,18)14(2)3)7-11-12(10)15(4)9-13-11/h9-10H,5-8H2,1-4H3. The first-order valence-electron chi connectivity index (χ1n) is 6.63. The summed E-state index contributed by atoms with van der Waals surface area (Å²) in [6.45, 7) is 3.79. The number of aryl methyl sites for hydroxylation is 1. The summed E-state index contributed by atoms with van der Waals surface area (Å²) in [5.41, 5.74) is 1.89. The van der Waals surface area contributed by atoms with Gasteiger partial charge in [-0.2, -0.15) is 17.0 Å². The van der Waals surface area contributed by atoms with Crippen LogP contribution in [0.5, 0.6) is 0 Å². The van der Waals surface area contributed by atoms with Crippen LogP contribution in [0.2, 0.25) is 0 Å². The van der Waals surface area contributed by atoms with Crippen LogP contribution in [-0.4, -0.2) is 60.4 Å². The Kier molecular flexibility index (Phi) is 4.48. The molecule has 1 aliphatic heterocycles. The van der Waals surface area contributed by atoms with Gasteiger partial charge in [0.25, 0.3) is 10.2 Å². The highest BCUT2D eigenvalue weighted by Gasteiger charge is 2.35. The topological polar surface area (TPSA) is 67.7 Å². The summed E-state index contributed by atoms with van der Waals surface area (Å²) in [5, 5.41) is 0. The van der Waals surface area contributed by atoms with Crippen LogP contribution in [0.3, 0.4) is 0 Å². The van der Waals surface area contributed by atoms with Crippen LogP contribution in [0.15, 0.2) is 6.33 Å². The van der Waals surface area contributed by atoms with E-state index in [1.807, 2.05) is 18.5 Å². The van der Waals surface area contributed by atoms with Crippen molar-refractivity contribution in [2.24, 2.45) is 7.05 Å². The van der Waals surface area contributed by atoms with Crippen LogP contribution in [0, 0.1) is 0 Å². The van der Waals surface area contributed by atoms with Crippen molar-refractivity contribution in [3.63, 3.8) is 0 Å². The molecule has 20 heavy (non-hydrogen) atoms. The first-order chi connectivity index (χ1) is 9.37. The molecule has 1 atom stereocenters. The number of hydrogen-bond acceptors (Lipinski definition) is 4. The van der Waals surface area contributed by atoms with Crippen LogP contribution >= 0.6 is 0 Å². The Morgan fingerprint density at radius 1 is 1.50 bits per heavy atom.